The minimum absolute atomic E-state index is 0.304. The summed E-state index contributed by atoms with van der Waals surface area (Å²) >= 11 is 0. The summed E-state index contributed by atoms with van der Waals surface area (Å²) in [7, 11) is 0. The number of para-hydroxylation sites is 1. The van der Waals surface area contributed by atoms with Crippen LogP contribution in [-0.4, -0.2) is 31.7 Å². The van der Waals surface area contributed by atoms with Crippen LogP contribution in [0.25, 0.3) is 0 Å². The molecule has 0 aromatic heterocycles. The van der Waals surface area contributed by atoms with Crippen LogP contribution >= 0.6 is 0 Å². The van der Waals surface area contributed by atoms with Crippen molar-refractivity contribution in [1.82, 2.24) is 5.32 Å². The third-order valence-electron chi connectivity index (χ3n) is 4.27. The lowest BCUT2D eigenvalue weighted by atomic mass is 10.0. The maximum atomic E-state index is 12.6. The Labute approximate surface area is 160 Å². The zero-order valence-electron chi connectivity index (χ0n) is 16.0. The Bertz CT molecular complexity index is 762. The van der Waals surface area contributed by atoms with Crippen molar-refractivity contribution in [2.45, 2.75) is 26.7 Å². The highest BCUT2D eigenvalue weighted by Crippen LogP contribution is 2.25. The van der Waals surface area contributed by atoms with Gasteiger partial charge in [-0.15, -0.1) is 0 Å². The van der Waals surface area contributed by atoms with Gasteiger partial charge in [-0.3, -0.25) is 5.41 Å². The maximum absolute atomic E-state index is 12.6. The Kier molecular flexibility index (Phi) is 7.82. The van der Waals surface area contributed by atoms with Crippen molar-refractivity contribution in [3.05, 3.63) is 65.2 Å². The maximum Gasteiger partial charge on any atom is 0.328 e. The fourth-order valence-electron chi connectivity index (χ4n) is 2.90. The van der Waals surface area contributed by atoms with Crippen molar-refractivity contribution in [3.63, 3.8) is 0 Å². The molecule has 0 aliphatic carbocycles. The molecule has 2 amide bonds. The zero-order chi connectivity index (χ0) is 19.6. The number of nitrogens with two attached hydrogens (primary N) is 1. The van der Waals surface area contributed by atoms with Crippen LogP contribution in [-0.2, 0) is 17.6 Å². The molecule has 0 unspecified atom stereocenters. The molecule has 0 fully saturated rings. The molecule has 4 N–H and O–H groups in total. The van der Waals surface area contributed by atoms with Crippen molar-refractivity contribution >= 4 is 17.7 Å². The van der Waals surface area contributed by atoms with Crippen LogP contribution < -0.4 is 16.0 Å². The van der Waals surface area contributed by atoms with E-state index in [9.17, 15) is 4.79 Å². The summed E-state index contributed by atoms with van der Waals surface area (Å²) in [6, 6.07) is 15.5. The number of nitrogens with zero attached hydrogens (tertiary/aromatic N) is 1. The fourth-order valence-corrected chi connectivity index (χ4v) is 2.90. The number of carbonyl (C=O) groups is 1. The zero-order valence-corrected chi connectivity index (χ0v) is 16.0. The van der Waals surface area contributed by atoms with Gasteiger partial charge < -0.3 is 15.8 Å². The van der Waals surface area contributed by atoms with Gasteiger partial charge in [-0.1, -0.05) is 55.5 Å². The number of amides is 2. The number of aryl methyl sites for hydroxylation is 2. The van der Waals surface area contributed by atoms with Crippen molar-refractivity contribution in [2.75, 3.05) is 24.7 Å². The van der Waals surface area contributed by atoms with Gasteiger partial charge in [0.1, 0.15) is 0 Å². The van der Waals surface area contributed by atoms with Gasteiger partial charge in [0.05, 0.1) is 18.9 Å². The molecule has 0 aliphatic rings. The second-order valence-electron chi connectivity index (χ2n) is 6.24. The molecule has 144 valence electrons. The van der Waals surface area contributed by atoms with Crippen LogP contribution in [0.3, 0.4) is 0 Å². The number of hydrogen-bond acceptors (Lipinski definition) is 3. The normalized spacial score (nSPS) is 10.4. The van der Waals surface area contributed by atoms with Crippen LogP contribution in [0.1, 0.15) is 23.6 Å². The van der Waals surface area contributed by atoms with Crippen molar-refractivity contribution in [2.24, 2.45) is 5.73 Å². The van der Waals surface area contributed by atoms with Crippen molar-refractivity contribution in [3.8, 4) is 0 Å². The lowest BCUT2D eigenvalue weighted by Gasteiger charge is -2.25. The molecule has 0 radical (unpaired) electrons. The lowest BCUT2D eigenvalue weighted by Crippen LogP contribution is -2.48. The average Bonchev–Trinajstić information content (AvgIpc) is 2.66. The molecule has 0 saturated carbocycles. The van der Waals surface area contributed by atoms with Gasteiger partial charge in [0.15, 0.2) is 0 Å². The molecule has 2 rings (SSSR count). The van der Waals surface area contributed by atoms with Crippen LogP contribution in [0.4, 0.5) is 10.5 Å². The average molecular weight is 368 g/mol. The Hall–Kier alpha value is -2.86. The van der Waals surface area contributed by atoms with Gasteiger partial charge in [-0.2, -0.15) is 0 Å². The summed E-state index contributed by atoms with van der Waals surface area (Å²) in [6.07, 6.45) is 1.58. The monoisotopic (exact) mass is 368 g/mol. The van der Waals surface area contributed by atoms with Gasteiger partial charge in [-0.05, 0) is 36.5 Å². The number of benzene rings is 2. The fraction of sp³-hybridized carbons (Fsp3) is 0.333. The van der Waals surface area contributed by atoms with Gasteiger partial charge in [0, 0.05) is 6.54 Å². The number of urea groups is 1. The van der Waals surface area contributed by atoms with Crippen LogP contribution in [0, 0.1) is 12.3 Å². The molecule has 0 saturated heterocycles. The molecule has 0 atom stereocenters. The molecule has 2 aromatic rings. The van der Waals surface area contributed by atoms with E-state index in [1.807, 2.05) is 50.2 Å². The first-order valence-corrected chi connectivity index (χ1v) is 9.16. The first-order valence-electron chi connectivity index (χ1n) is 9.16. The topological polar surface area (TPSA) is 91.4 Å². The predicted molar refractivity (Wildman–Crippen MR) is 109 cm³/mol. The first kappa shape index (κ1) is 20.5. The number of rotatable bonds is 8. The van der Waals surface area contributed by atoms with E-state index >= 15 is 0 Å². The summed E-state index contributed by atoms with van der Waals surface area (Å²) in [5, 5.41) is 10.6. The first-order chi connectivity index (χ1) is 13.0. The minimum Gasteiger partial charge on any atom is -0.379 e. The molecule has 0 spiro atoms. The van der Waals surface area contributed by atoms with Crippen LogP contribution in [0.2, 0.25) is 0 Å². The summed E-state index contributed by atoms with van der Waals surface area (Å²) in [5.74, 6) is -0.304. The van der Waals surface area contributed by atoms with E-state index < -0.39 is 6.03 Å². The molecule has 27 heavy (non-hydrogen) atoms. The molecule has 0 bridgehead atoms. The van der Waals surface area contributed by atoms with Crippen LogP contribution in [0.5, 0.6) is 0 Å². The summed E-state index contributed by atoms with van der Waals surface area (Å²) < 4.78 is 5.58. The highest BCUT2D eigenvalue weighted by Gasteiger charge is 2.22. The van der Waals surface area contributed by atoms with Gasteiger partial charge >= 0.3 is 6.03 Å². The molecule has 6 heteroatoms. The Morgan fingerprint density at radius 2 is 1.89 bits per heavy atom. The number of nitrogens with one attached hydrogen (secondary N) is 2. The minimum atomic E-state index is -0.418. The van der Waals surface area contributed by atoms with E-state index in [4.69, 9.17) is 15.9 Å². The van der Waals surface area contributed by atoms with Gasteiger partial charge in [0.25, 0.3) is 0 Å². The molecule has 0 aliphatic heterocycles. The lowest BCUT2D eigenvalue weighted by molar-refractivity contribution is 0.140. The van der Waals surface area contributed by atoms with E-state index in [0.29, 0.717) is 25.4 Å². The van der Waals surface area contributed by atoms with E-state index in [2.05, 4.69) is 17.4 Å². The smallest absolute Gasteiger partial charge is 0.328 e. The van der Waals surface area contributed by atoms with Crippen LogP contribution in [0.15, 0.2) is 48.5 Å². The third kappa shape index (κ3) is 5.82. The molecule has 0 heterocycles. The van der Waals surface area contributed by atoms with E-state index in [0.717, 1.165) is 24.0 Å². The van der Waals surface area contributed by atoms with Crippen molar-refractivity contribution in [1.29, 1.82) is 5.41 Å². The summed E-state index contributed by atoms with van der Waals surface area (Å²) in [4.78, 5) is 13.8. The Morgan fingerprint density at radius 3 is 2.56 bits per heavy atom. The predicted octanol–water partition coefficient (Wildman–Crippen LogP) is 3.23. The Balaban J connectivity index is 1.86. The third-order valence-corrected chi connectivity index (χ3v) is 4.27. The molecule has 2 aromatic carbocycles. The highest BCUT2D eigenvalue weighted by atomic mass is 16.5. The summed E-state index contributed by atoms with van der Waals surface area (Å²) in [6.45, 7) is 5.26. The number of carbonyl (C=O) groups excluding carboxylic acids is 1. The van der Waals surface area contributed by atoms with E-state index in [1.165, 1.54) is 10.5 Å². The van der Waals surface area contributed by atoms with Crippen molar-refractivity contribution < 1.29 is 9.53 Å². The standard InChI is InChI=1S/C21H28N4O2/c1-3-18-11-7-8-16(2)19(18)25(20(22)23)21(26)24-13-15-27-14-12-17-9-5-4-6-10-17/h4-11H,3,12-15H2,1-2H3,(H3,22,23)(H,24,26). The number of guanidine groups is 1. The number of ether oxygens (including phenoxy) is 1. The van der Waals surface area contributed by atoms with Gasteiger partial charge in [0.2, 0.25) is 5.96 Å². The number of hydrogen-bond donors (Lipinski definition) is 3. The Morgan fingerprint density at radius 1 is 1.15 bits per heavy atom. The second-order valence-corrected chi connectivity index (χ2v) is 6.24. The summed E-state index contributed by atoms with van der Waals surface area (Å²) in [5.41, 5.74) is 9.46. The van der Waals surface area contributed by atoms with E-state index in [1.54, 1.807) is 0 Å². The quantitative estimate of drug-likeness (QED) is 0.379. The van der Waals surface area contributed by atoms with E-state index in [-0.39, 0.29) is 5.96 Å². The molecular weight excluding hydrogens is 340 g/mol. The largest absolute Gasteiger partial charge is 0.379 e. The molecule has 6 nitrogen and oxygen atoms in total. The second kappa shape index (κ2) is 10.3. The number of anilines is 1. The highest BCUT2D eigenvalue weighted by molar-refractivity contribution is 6.14. The van der Waals surface area contributed by atoms with Gasteiger partial charge in [-0.25, -0.2) is 9.69 Å². The molecular formula is C21H28N4O2. The SMILES string of the molecule is CCc1cccc(C)c1N(C(=N)N)C(=O)NCCOCCc1ccccc1.